The Labute approximate surface area is 165 Å². The molecule has 0 heterocycles. The lowest BCUT2D eigenvalue weighted by atomic mass is 10.1. The van der Waals surface area contributed by atoms with Gasteiger partial charge >= 0.3 is 5.97 Å². The van der Waals surface area contributed by atoms with E-state index >= 15 is 0 Å². The molecule has 2 rings (SSSR count). The maximum absolute atomic E-state index is 12.5. The number of ether oxygens (including phenoxy) is 1. The second-order valence-electron chi connectivity index (χ2n) is 6.38. The first kappa shape index (κ1) is 21.6. The minimum absolute atomic E-state index is 0.0383. The number of hydrogen-bond acceptors (Lipinski definition) is 5. The maximum Gasteiger partial charge on any atom is 0.339 e. The zero-order valence-electron chi connectivity index (χ0n) is 16.3. The smallest absolute Gasteiger partial charge is 0.339 e. The van der Waals surface area contributed by atoms with E-state index in [1.54, 1.807) is 26.0 Å². The van der Waals surface area contributed by atoms with Gasteiger partial charge in [0.05, 0.1) is 10.5 Å². The number of nitrogens with one attached hydrogen (secondary N) is 2. The lowest BCUT2D eigenvalue weighted by molar-refractivity contribution is -0.123. The van der Waals surface area contributed by atoms with Gasteiger partial charge in [0.15, 0.2) is 6.10 Å². The molecule has 2 aromatic carbocycles. The maximum atomic E-state index is 12.5. The minimum Gasteiger partial charge on any atom is -0.449 e. The molecule has 150 valence electrons. The molecule has 0 aliphatic heterocycles. The van der Waals surface area contributed by atoms with E-state index in [0.717, 1.165) is 5.56 Å². The monoisotopic (exact) mass is 404 g/mol. The van der Waals surface area contributed by atoms with Gasteiger partial charge in [-0.3, -0.25) is 4.79 Å². The number of carbonyl (C=O) groups excluding carboxylic acids is 2. The number of aryl methyl sites for hydroxylation is 2. The molecule has 2 aromatic rings. The molecule has 0 fully saturated rings. The van der Waals surface area contributed by atoms with Crippen LogP contribution in [-0.4, -0.2) is 32.9 Å². The fourth-order valence-electron chi connectivity index (χ4n) is 2.42. The second kappa shape index (κ2) is 8.99. The predicted molar refractivity (Wildman–Crippen MR) is 107 cm³/mol. The SMILES string of the molecule is CCNS(=O)(=O)c1ccc(C)c(C(=O)OC(C)C(=O)Nc2ccc(C)cc2)c1. The molecule has 1 unspecified atom stereocenters. The Bertz CT molecular complexity index is 969. The molecule has 0 aliphatic rings. The normalized spacial score (nSPS) is 12.3. The number of amides is 1. The zero-order chi connectivity index (χ0) is 20.9. The Morgan fingerprint density at radius 3 is 2.32 bits per heavy atom. The van der Waals surface area contributed by atoms with Gasteiger partial charge in [0, 0.05) is 12.2 Å². The summed E-state index contributed by atoms with van der Waals surface area (Å²) >= 11 is 0. The number of benzene rings is 2. The Morgan fingerprint density at radius 1 is 1.07 bits per heavy atom. The zero-order valence-corrected chi connectivity index (χ0v) is 17.1. The summed E-state index contributed by atoms with van der Waals surface area (Å²) in [4.78, 5) is 24.7. The van der Waals surface area contributed by atoms with Crippen LogP contribution >= 0.6 is 0 Å². The van der Waals surface area contributed by atoms with Crippen LogP contribution in [0.15, 0.2) is 47.4 Å². The van der Waals surface area contributed by atoms with Gasteiger partial charge in [-0.25, -0.2) is 17.9 Å². The molecule has 1 amide bonds. The van der Waals surface area contributed by atoms with E-state index in [0.29, 0.717) is 11.3 Å². The topological polar surface area (TPSA) is 102 Å². The van der Waals surface area contributed by atoms with Crippen molar-refractivity contribution in [3.05, 3.63) is 59.2 Å². The van der Waals surface area contributed by atoms with E-state index in [-0.39, 0.29) is 17.0 Å². The van der Waals surface area contributed by atoms with Gasteiger partial charge in [0.2, 0.25) is 10.0 Å². The van der Waals surface area contributed by atoms with Crippen LogP contribution in [0.4, 0.5) is 5.69 Å². The van der Waals surface area contributed by atoms with E-state index < -0.39 is 28.0 Å². The largest absolute Gasteiger partial charge is 0.449 e. The second-order valence-corrected chi connectivity index (χ2v) is 8.15. The van der Waals surface area contributed by atoms with Crippen molar-refractivity contribution in [3.63, 3.8) is 0 Å². The molecule has 0 aliphatic carbocycles. The third-order valence-corrected chi connectivity index (χ3v) is 5.59. The van der Waals surface area contributed by atoms with Crippen LogP contribution in [0.2, 0.25) is 0 Å². The predicted octanol–water partition coefficient (Wildman–Crippen LogP) is 2.79. The van der Waals surface area contributed by atoms with Gasteiger partial charge in [-0.05, 0) is 50.6 Å². The summed E-state index contributed by atoms with van der Waals surface area (Å²) in [5.74, 6) is -1.25. The van der Waals surface area contributed by atoms with Crippen molar-refractivity contribution in [2.45, 2.75) is 38.7 Å². The van der Waals surface area contributed by atoms with Crippen molar-refractivity contribution < 1.29 is 22.7 Å². The standard InChI is InChI=1S/C20H24N2O5S/c1-5-21-28(25,26)17-11-8-14(3)18(12-17)20(24)27-15(4)19(23)22-16-9-6-13(2)7-10-16/h6-12,15,21H,5H2,1-4H3,(H,22,23). The summed E-state index contributed by atoms with van der Waals surface area (Å²) in [6.07, 6.45) is -1.05. The Kier molecular flexibility index (Phi) is 6.93. The highest BCUT2D eigenvalue weighted by atomic mass is 32.2. The average molecular weight is 404 g/mol. The third kappa shape index (κ3) is 5.40. The third-order valence-electron chi connectivity index (χ3n) is 4.05. The molecule has 2 N–H and O–H groups in total. The van der Waals surface area contributed by atoms with E-state index in [4.69, 9.17) is 4.74 Å². The lowest BCUT2D eigenvalue weighted by Gasteiger charge is -2.15. The average Bonchev–Trinajstić information content (AvgIpc) is 2.63. The molecule has 0 bridgehead atoms. The molecule has 0 spiro atoms. The molecule has 0 aromatic heterocycles. The number of esters is 1. The van der Waals surface area contributed by atoms with Crippen molar-refractivity contribution in [2.75, 3.05) is 11.9 Å². The van der Waals surface area contributed by atoms with Crippen LogP contribution in [0.5, 0.6) is 0 Å². The summed E-state index contributed by atoms with van der Waals surface area (Å²) < 4.78 is 31.9. The highest BCUT2D eigenvalue weighted by Gasteiger charge is 2.22. The van der Waals surface area contributed by atoms with Gasteiger partial charge in [0.25, 0.3) is 5.91 Å². The molecule has 28 heavy (non-hydrogen) atoms. The Morgan fingerprint density at radius 2 is 1.71 bits per heavy atom. The number of anilines is 1. The number of sulfonamides is 1. The molecule has 0 saturated heterocycles. The number of rotatable bonds is 7. The lowest BCUT2D eigenvalue weighted by Crippen LogP contribution is -2.30. The fourth-order valence-corrected chi connectivity index (χ4v) is 3.49. The molecular formula is C20H24N2O5S. The van der Waals surface area contributed by atoms with Crippen LogP contribution in [0.25, 0.3) is 0 Å². The van der Waals surface area contributed by atoms with E-state index in [1.165, 1.54) is 25.1 Å². The molecule has 0 saturated carbocycles. The molecule has 0 radical (unpaired) electrons. The van der Waals surface area contributed by atoms with Crippen LogP contribution in [-0.2, 0) is 19.6 Å². The van der Waals surface area contributed by atoms with Crippen LogP contribution in [0.1, 0.15) is 35.3 Å². The molecule has 7 nitrogen and oxygen atoms in total. The quantitative estimate of drug-likeness (QED) is 0.691. The highest BCUT2D eigenvalue weighted by Crippen LogP contribution is 2.18. The fraction of sp³-hybridized carbons (Fsp3) is 0.300. The Balaban J connectivity index is 2.13. The van der Waals surface area contributed by atoms with Gasteiger partial charge in [-0.1, -0.05) is 30.7 Å². The first-order valence-electron chi connectivity index (χ1n) is 8.83. The number of carbonyl (C=O) groups is 2. The Hall–Kier alpha value is -2.71. The highest BCUT2D eigenvalue weighted by molar-refractivity contribution is 7.89. The van der Waals surface area contributed by atoms with E-state index in [9.17, 15) is 18.0 Å². The van der Waals surface area contributed by atoms with Gasteiger partial charge < -0.3 is 10.1 Å². The van der Waals surface area contributed by atoms with Crippen LogP contribution in [0, 0.1) is 13.8 Å². The van der Waals surface area contributed by atoms with Crippen LogP contribution < -0.4 is 10.0 Å². The first-order valence-corrected chi connectivity index (χ1v) is 10.3. The van der Waals surface area contributed by atoms with E-state index in [1.807, 2.05) is 19.1 Å². The number of hydrogen-bond donors (Lipinski definition) is 2. The summed E-state index contributed by atoms with van der Waals surface area (Å²) in [7, 11) is -3.71. The van der Waals surface area contributed by atoms with Crippen molar-refractivity contribution in [1.29, 1.82) is 0 Å². The summed E-state index contributed by atoms with van der Waals surface area (Å²) in [6.45, 7) is 6.94. The van der Waals surface area contributed by atoms with Gasteiger partial charge in [0.1, 0.15) is 0 Å². The minimum atomic E-state index is -3.71. The van der Waals surface area contributed by atoms with Gasteiger partial charge in [-0.2, -0.15) is 0 Å². The summed E-state index contributed by atoms with van der Waals surface area (Å²) in [6, 6.07) is 11.4. The summed E-state index contributed by atoms with van der Waals surface area (Å²) in [5, 5.41) is 2.67. The molecular weight excluding hydrogens is 380 g/mol. The van der Waals surface area contributed by atoms with Crippen molar-refractivity contribution in [2.24, 2.45) is 0 Å². The molecule has 1 atom stereocenters. The van der Waals surface area contributed by atoms with Crippen molar-refractivity contribution in [1.82, 2.24) is 4.72 Å². The van der Waals surface area contributed by atoms with E-state index in [2.05, 4.69) is 10.0 Å². The first-order chi connectivity index (χ1) is 13.1. The summed E-state index contributed by atoms with van der Waals surface area (Å²) in [5.41, 5.74) is 2.29. The van der Waals surface area contributed by atoms with Crippen molar-refractivity contribution >= 4 is 27.6 Å². The van der Waals surface area contributed by atoms with Gasteiger partial charge in [-0.15, -0.1) is 0 Å². The molecule has 8 heteroatoms. The van der Waals surface area contributed by atoms with Crippen molar-refractivity contribution in [3.8, 4) is 0 Å². The van der Waals surface area contributed by atoms with Crippen LogP contribution in [0.3, 0.4) is 0 Å².